The molecule has 5 rings (SSSR count). The van der Waals surface area contributed by atoms with Crippen molar-refractivity contribution in [3.05, 3.63) is 70.0 Å². The number of piperazine rings is 1. The van der Waals surface area contributed by atoms with E-state index < -0.39 is 23.0 Å². The molecule has 2 amide bonds. The van der Waals surface area contributed by atoms with Crippen molar-refractivity contribution in [2.24, 2.45) is 0 Å². The highest BCUT2D eigenvalue weighted by Gasteiger charge is 2.29. The van der Waals surface area contributed by atoms with Crippen LogP contribution in [0.1, 0.15) is 36.2 Å². The van der Waals surface area contributed by atoms with Crippen molar-refractivity contribution in [3.8, 4) is 0 Å². The van der Waals surface area contributed by atoms with E-state index in [1.54, 1.807) is 11.0 Å². The zero-order valence-corrected chi connectivity index (χ0v) is 18.7. The minimum atomic E-state index is -0.627. The number of rotatable bonds is 4. The molecule has 2 fully saturated rings. The zero-order chi connectivity index (χ0) is 24.0. The molecular weight excluding hydrogens is 442 g/mol. The quantitative estimate of drug-likeness (QED) is 0.639. The van der Waals surface area contributed by atoms with Crippen molar-refractivity contribution in [3.63, 3.8) is 0 Å². The summed E-state index contributed by atoms with van der Waals surface area (Å²) in [6.45, 7) is 3.52. The first-order valence-electron chi connectivity index (χ1n) is 11.3. The molecule has 2 aromatic carbocycles. The first-order valence-corrected chi connectivity index (χ1v) is 11.3. The van der Waals surface area contributed by atoms with E-state index in [0.29, 0.717) is 43.1 Å². The fourth-order valence-corrected chi connectivity index (χ4v) is 4.41. The molecule has 1 aliphatic heterocycles. The number of fused-ring (bicyclic) bond motifs is 1. The van der Waals surface area contributed by atoms with Gasteiger partial charge in [0.1, 0.15) is 17.2 Å². The fourth-order valence-electron chi connectivity index (χ4n) is 4.41. The van der Waals surface area contributed by atoms with E-state index in [0.717, 1.165) is 12.8 Å². The first kappa shape index (κ1) is 22.1. The summed E-state index contributed by atoms with van der Waals surface area (Å²) in [4.78, 5) is 41.3. The standard InChI is InChI=1S/C25H24F2N4O3/c1-15(32)29-8-10-30(11-9-29)23-13-22-19(12-21(23)27)24(33)20(14-31(22)18-6-7-18)25(34)28-17-4-2-16(26)3-5-17/h2-5,12-14,18H,6-11H2,1H3,(H,28,34). The molecule has 2 aliphatic rings. The summed E-state index contributed by atoms with van der Waals surface area (Å²) in [5.41, 5.74) is 0.670. The Morgan fingerprint density at radius 3 is 2.29 bits per heavy atom. The van der Waals surface area contributed by atoms with Crippen LogP contribution in [0.3, 0.4) is 0 Å². The van der Waals surface area contributed by atoms with Crippen LogP contribution in [-0.2, 0) is 4.79 Å². The molecule has 34 heavy (non-hydrogen) atoms. The summed E-state index contributed by atoms with van der Waals surface area (Å²) in [6.07, 6.45) is 3.35. The maximum Gasteiger partial charge on any atom is 0.261 e. The lowest BCUT2D eigenvalue weighted by atomic mass is 10.1. The van der Waals surface area contributed by atoms with Gasteiger partial charge in [0.05, 0.1) is 11.2 Å². The molecule has 1 saturated heterocycles. The maximum absolute atomic E-state index is 15.2. The molecule has 0 radical (unpaired) electrons. The van der Waals surface area contributed by atoms with Crippen molar-refractivity contribution in [2.45, 2.75) is 25.8 Å². The van der Waals surface area contributed by atoms with Gasteiger partial charge in [-0.1, -0.05) is 0 Å². The van der Waals surface area contributed by atoms with Crippen LogP contribution in [-0.4, -0.2) is 47.5 Å². The smallest absolute Gasteiger partial charge is 0.261 e. The Morgan fingerprint density at radius 1 is 1.00 bits per heavy atom. The number of hydrogen-bond donors (Lipinski definition) is 1. The highest BCUT2D eigenvalue weighted by molar-refractivity contribution is 6.06. The number of halogens is 2. The molecule has 7 nitrogen and oxygen atoms in total. The van der Waals surface area contributed by atoms with Crippen LogP contribution in [0.5, 0.6) is 0 Å². The van der Waals surface area contributed by atoms with Crippen LogP contribution < -0.4 is 15.6 Å². The third-order valence-electron chi connectivity index (χ3n) is 6.45. The third-order valence-corrected chi connectivity index (χ3v) is 6.45. The number of pyridine rings is 1. The van der Waals surface area contributed by atoms with Gasteiger partial charge in [-0.2, -0.15) is 0 Å². The largest absolute Gasteiger partial charge is 0.366 e. The monoisotopic (exact) mass is 466 g/mol. The lowest BCUT2D eigenvalue weighted by Gasteiger charge is -2.36. The minimum Gasteiger partial charge on any atom is -0.366 e. The van der Waals surface area contributed by atoms with Crippen LogP contribution in [0.25, 0.3) is 10.9 Å². The first-order chi connectivity index (χ1) is 16.3. The van der Waals surface area contributed by atoms with E-state index in [1.165, 1.54) is 43.5 Å². The number of anilines is 2. The van der Waals surface area contributed by atoms with Crippen molar-refractivity contribution in [1.82, 2.24) is 9.47 Å². The topological polar surface area (TPSA) is 74.7 Å². The van der Waals surface area contributed by atoms with Gasteiger partial charge in [0.25, 0.3) is 5.91 Å². The number of aromatic nitrogens is 1. The Balaban J connectivity index is 1.52. The van der Waals surface area contributed by atoms with E-state index in [-0.39, 0.29) is 22.9 Å². The molecule has 9 heteroatoms. The van der Waals surface area contributed by atoms with Crippen molar-refractivity contribution in [1.29, 1.82) is 0 Å². The van der Waals surface area contributed by atoms with E-state index in [4.69, 9.17) is 0 Å². The Hall–Kier alpha value is -3.75. The summed E-state index contributed by atoms with van der Waals surface area (Å²) in [5, 5.41) is 2.76. The second-order valence-electron chi connectivity index (χ2n) is 8.79. The Morgan fingerprint density at radius 2 is 1.68 bits per heavy atom. The summed E-state index contributed by atoms with van der Waals surface area (Å²) < 4.78 is 30.3. The molecule has 0 atom stereocenters. The van der Waals surface area contributed by atoms with Gasteiger partial charge in [0, 0.05) is 56.4 Å². The van der Waals surface area contributed by atoms with Crippen LogP contribution in [0, 0.1) is 11.6 Å². The Bertz CT molecular complexity index is 1340. The molecule has 0 spiro atoms. The highest BCUT2D eigenvalue weighted by atomic mass is 19.1. The van der Waals surface area contributed by atoms with Crippen molar-refractivity contribution >= 4 is 34.1 Å². The SMILES string of the molecule is CC(=O)N1CCN(c2cc3c(cc2F)c(=O)c(C(=O)Nc2ccc(F)cc2)cn3C2CC2)CC1. The molecular formula is C25H24F2N4O3. The average molecular weight is 466 g/mol. The molecule has 1 aromatic heterocycles. The normalized spacial score (nSPS) is 16.1. The van der Waals surface area contributed by atoms with Crippen LogP contribution in [0.15, 0.2) is 47.4 Å². The molecule has 0 bridgehead atoms. The van der Waals surface area contributed by atoms with Gasteiger partial charge in [-0.05, 0) is 49.2 Å². The van der Waals surface area contributed by atoms with Crippen molar-refractivity contribution in [2.75, 3.05) is 36.4 Å². The van der Waals surface area contributed by atoms with Gasteiger partial charge in [0.15, 0.2) is 0 Å². The Kier molecular flexibility index (Phi) is 5.55. The number of nitrogens with one attached hydrogen (secondary N) is 1. The lowest BCUT2D eigenvalue weighted by molar-refractivity contribution is -0.129. The molecule has 3 aromatic rings. The molecule has 1 saturated carbocycles. The molecule has 176 valence electrons. The number of carbonyl (C=O) groups is 2. The molecule has 0 unspecified atom stereocenters. The van der Waals surface area contributed by atoms with Gasteiger partial charge in [-0.3, -0.25) is 14.4 Å². The predicted octanol–water partition coefficient (Wildman–Crippen LogP) is 3.54. The lowest BCUT2D eigenvalue weighted by Crippen LogP contribution is -2.48. The van der Waals surface area contributed by atoms with E-state index in [9.17, 15) is 18.8 Å². The van der Waals surface area contributed by atoms with Gasteiger partial charge in [-0.15, -0.1) is 0 Å². The zero-order valence-electron chi connectivity index (χ0n) is 18.7. The Labute approximate surface area is 194 Å². The van der Waals surface area contributed by atoms with Gasteiger partial charge >= 0.3 is 0 Å². The molecule has 2 heterocycles. The summed E-state index contributed by atoms with van der Waals surface area (Å²) in [5.74, 6) is -1.61. The molecule has 1 N–H and O–H groups in total. The average Bonchev–Trinajstić information content (AvgIpc) is 3.66. The molecule has 1 aliphatic carbocycles. The summed E-state index contributed by atoms with van der Waals surface area (Å²) in [7, 11) is 0. The van der Waals surface area contributed by atoms with E-state index in [2.05, 4.69) is 5.32 Å². The maximum atomic E-state index is 15.2. The fraction of sp³-hybridized carbons (Fsp3) is 0.320. The highest BCUT2D eigenvalue weighted by Crippen LogP contribution is 2.38. The number of benzene rings is 2. The number of nitrogens with zero attached hydrogens (tertiary/aromatic N) is 3. The van der Waals surface area contributed by atoms with Gasteiger partial charge < -0.3 is 19.7 Å². The second-order valence-corrected chi connectivity index (χ2v) is 8.79. The number of carbonyl (C=O) groups excluding carboxylic acids is 2. The van der Waals surface area contributed by atoms with E-state index >= 15 is 4.39 Å². The second kappa shape index (κ2) is 8.55. The van der Waals surface area contributed by atoms with Crippen molar-refractivity contribution < 1.29 is 18.4 Å². The van der Waals surface area contributed by atoms with Crippen LogP contribution in [0.2, 0.25) is 0 Å². The minimum absolute atomic E-state index is 0.00681. The number of amides is 2. The predicted molar refractivity (Wildman–Crippen MR) is 125 cm³/mol. The van der Waals surface area contributed by atoms with Gasteiger partial charge in [0.2, 0.25) is 11.3 Å². The van der Waals surface area contributed by atoms with Crippen LogP contribution in [0.4, 0.5) is 20.2 Å². The third kappa shape index (κ3) is 4.13. The summed E-state index contributed by atoms with van der Waals surface area (Å²) >= 11 is 0. The van der Waals surface area contributed by atoms with Gasteiger partial charge in [-0.25, -0.2) is 8.78 Å². The summed E-state index contributed by atoms with van der Waals surface area (Å²) in [6, 6.07) is 8.26. The number of hydrogen-bond acceptors (Lipinski definition) is 4. The van der Waals surface area contributed by atoms with Crippen LogP contribution >= 0.6 is 0 Å². The van der Waals surface area contributed by atoms with E-state index in [1.807, 2.05) is 9.47 Å².